The molecule has 0 saturated carbocycles. The van der Waals surface area contributed by atoms with Crippen LogP contribution in [0.2, 0.25) is 0 Å². The highest BCUT2D eigenvalue weighted by Crippen LogP contribution is 2.41. The number of amides is 1. The molecule has 28 heavy (non-hydrogen) atoms. The molecule has 0 saturated heterocycles. The molecule has 0 spiro atoms. The molecule has 0 aliphatic carbocycles. The molecule has 3 rings (SSSR count). The van der Waals surface area contributed by atoms with Crippen molar-refractivity contribution in [1.29, 1.82) is 0 Å². The first-order chi connectivity index (χ1) is 13.3. The summed E-state index contributed by atoms with van der Waals surface area (Å²) in [6, 6.07) is 11.2. The van der Waals surface area contributed by atoms with Gasteiger partial charge in [-0.3, -0.25) is 4.79 Å². The van der Waals surface area contributed by atoms with E-state index in [0.29, 0.717) is 16.1 Å². The Hall–Kier alpha value is -2.99. The SMILES string of the molecule is COC(=O)c1c(NC(=O)c2ccc(F)cc2)sc(C)c1-c1ccc(C)c(C)c1. The summed E-state index contributed by atoms with van der Waals surface area (Å²) in [6.07, 6.45) is 0. The number of ether oxygens (including phenoxy) is 1. The highest BCUT2D eigenvalue weighted by Gasteiger charge is 2.25. The number of carbonyl (C=O) groups excluding carboxylic acids is 2. The van der Waals surface area contributed by atoms with Crippen LogP contribution in [0, 0.1) is 26.6 Å². The number of anilines is 1. The number of esters is 1. The zero-order valence-corrected chi connectivity index (χ0v) is 16.9. The van der Waals surface area contributed by atoms with Crippen LogP contribution in [0.15, 0.2) is 42.5 Å². The molecule has 0 fully saturated rings. The third kappa shape index (κ3) is 3.82. The van der Waals surface area contributed by atoms with E-state index in [1.807, 2.05) is 39.0 Å². The van der Waals surface area contributed by atoms with Crippen LogP contribution in [-0.4, -0.2) is 19.0 Å². The zero-order valence-electron chi connectivity index (χ0n) is 16.1. The Labute approximate surface area is 167 Å². The fourth-order valence-electron chi connectivity index (χ4n) is 2.95. The lowest BCUT2D eigenvalue weighted by Gasteiger charge is -2.10. The Kier molecular flexibility index (Phi) is 5.61. The summed E-state index contributed by atoms with van der Waals surface area (Å²) in [4.78, 5) is 26.0. The smallest absolute Gasteiger partial charge is 0.341 e. The monoisotopic (exact) mass is 397 g/mol. The van der Waals surface area contributed by atoms with Crippen LogP contribution in [0.3, 0.4) is 0 Å². The van der Waals surface area contributed by atoms with Crippen molar-refractivity contribution in [2.24, 2.45) is 0 Å². The average Bonchev–Trinajstić information content (AvgIpc) is 2.99. The molecule has 1 heterocycles. The van der Waals surface area contributed by atoms with Gasteiger partial charge in [0.25, 0.3) is 5.91 Å². The predicted molar refractivity (Wildman–Crippen MR) is 110 cm³/mol. The minimum atomic E-state index is -0.521. The Morgan fingerprint density at radius 2 is 1.68 bits per heavy atom. The van der Waals surface area contributed by atoms with Gasteiger partial charge < -0.3 is 10.1 Å². The van der Waals surface area contributed by atoms with E-state index in [1.165, 1.54) is 42.7 Å². The summed E-state index contributed by atoms with van der Waals surface area (Å²) in [5, 5.41) is 3.18. The lowest BCUT2D eigenvalue weighted by molar-refractivity contribution is 0.0603. The summed E-state index contributed by atoms with van der Waals surface area (Å²) < 4.78 is 18.1. The lowest BCUT2D eigenvalue weighted by atomic mass is 9.97. The fourth-order valence-corrected chi connectivity index (χ4v) is 4.01. The molecule has 3 aromatic rings. The van der Waals surface area contributed by atoms with Gasteiger partial charge in [-0.2, -0.15) is 0 Å². The van der Waals surface area contributed by atoms with Crippen molar-refractivity contribution < 1.29 is 18.7 Å². The van der Waals surface area contributed by atoms with E-state index in [1.54, 1.807) is 0 Å². The number of nitrogens with one attached hydrogen (secondary N) is 1. The summed E-state index contributed by atoms with van der Waals surface area (Å²) in [6.45, 7) is 5.93. The van der Waals surface area contributed by atoms with Gasteiger partial charge in [-0.25, -0.2) is 9.18 Å². The summed E-state index contributed by atoms with van der Waals surface area (Å²) >= 11 is 1.31. The van der Waals surface area contributed by atoms with E-state index >= 15 is 0 Å². The first-order valence-corrected chi connectivity index (χ1v) is 9.49. The van der Waals surface area contributed by atoms with E-state index < -0.39 is 17.7 Å². The van der Waals surface area contributed by atoms with E-state index in [4.69, 9.17) is 4.74 Å². The first kappa shape index (κ1) is 19.8. The van der Waals surface area contributed by atoms with E-state index in [-0.39, 0.29) is 0 Å². The molecule has 0 unspecified atom stereocenters. The van der Waals surface area contributed by atoms with Gasteiger partial charge in [-0.1, -0.05) is 18.2 Å². The number of thiophene rings is 1. The third-order valence-electron chi connectivity index (χ3n) is 4.60. The lowest BCUT2D eigenvalue weighted by Crippen LogP contribution is -2.14. The molecule has 4 nitrogen and oxygen atoms in total. The molecule has 6 heteroatoms. The van der Waals surface area contributed by atoms with Crippen LogP contribution in [0.5, 0.6) is 0 Å². The van der Waals surface area contributed by atoms with Gasteiger partial charge in [0.05, 0.1) is 7.11 Å². The molecule has 0 radical (unpaired) electrons. The maximum atomic E-state index is 13.1. The average molecular weight is 397 g/mol. The van der Waals surface area contributed by atoms with Crippen molar-refractivity contribution in [2.45, 2.75) is 20.8 Å². The van der Waals surface area contributed by atoms with Crippen molar-refractivity contribution in [3.8, 4) is 11.1 Å². The topological polar surface area (TPSA) is 55.4 Å². The normalized spacial score (nSPS) is 10.6. The van der Waals surface area contributed by atoms with Gasteiger partial charge in [-0.15, -0.1) is 11.3 Å². The molecule has 0 aliphatic heterocycles. The zero-order chi connectivity index (χ0) is 20.4. The van der Waals surface area contributed by atoms with Gasteiger partial charge in [0.1, 0.15) is 16.4 Å². The van der Waals surface area contributed by atoms with Crippen molar-refractivity contribution >= 4 is 28.2 Å². The van der Waals surface area contributed by atoms with Crippen LogP contribution >= 0.6 is 11.3 Å². The second-order valence-electron chi connectivity index (χ2n) is 6.49. The quantitative estimate of drug-likeness (QED) is 0.590. The van der Waals surface area contributed by atoms with Gasteiger partial charge >= 0.3 is 5.97 Å². The standard InChI is InChI=1S/C22H20FNO3S/c1-12-5-6-16(11-13(12)2)18-14(3)28-21(19(18)22(26)27-4)24-20(25)15-7-9-17(23)10-8-15/h5-11H,1-4H3,(H,24,25). The van der Waals surface area contributed by atoms with Crippen LogP contribution < -0.4 is 5.32 Å². The maximum absolute atomic E-state index is 13.1. The highest BCUT2D eigenvalue weighted by atomic mass is 32.1. The molecule has 0 aliphatic rings. The number of methoxy groups -OCH3 is 1. The van der Waals surface area contributed by atoms with E-state index in [9.17, 15) is 14.0 Å². The minimum Gasteiger partial charge on any atom is -0.465 e. The van der Waals surface area contributed by atoms with E-state index in [2.05, 4.69) is 5.32 Å². The van der Waals surface area contributed by atoms with Gasteiger partial charge in [-0.05, 0) is 61.7 Å². The van der Waals surface area contributed by atoms with Crippen LogP contribution in [-0.2, 0) is 4.74 Å². The molecule has 0 atom stereocenters. The second-order valence-corrected chi connectivity index (χ2v) is 7.71. The molecule has 1 amide bonds. The minimum absolute atomic E-state index is 0.302. The van der Waals surface area contributed by atoms with Crippen LogP contribution in [0.4, 0.5) is 9.39 Å². The van der Waals surface area contributed by atoms with Gasteiger partial charge in [0.15, 0.2) is 0 Å². The first-order valence-electron chi connectivity index (χ1n) is 8.68. The van der Waals surface area contributed by atoms with Crippen LogP contribution in [0.25, 0.3) is 11.1 Å². The highest BCUT2D eigenvalue weighted by molar-refractivity contribution is 7.17. The van der Waals surface area contributed by atoms with Crippen molar-refractivity contribution in [1.82, 2.24) is 0 Å². The molecule has 0 bridgehead atoms. The van der Waals surface area contributed by atoms with Crippen molar-refractivity contribution in [2.75, 3.05) is 12.4 Å². The summed E-state index contributed by atoms with van der Waals surface area (Å²) in [5.41, 5.74) is 4.52. The van der Waals surface area contributed by atoms with Gasteiger partial charge in [0, 0.05) is 16.0 Å². The van der Waals surface area contributed by atoms with Crippen molar-refractivity contribution in [3.05, 3.63) is 75.4 Å². The number of hydrogen-bond acceptors (Lipinski definition) is 4. The molecular weight excluding hydrogens is 377 g/mol. The van der Waals surface area contributed by atoms with Gasteiger partial charge in [0.2, 0.25) is 0 Å². The number of carbonyl (C=O) groups is 2. The molecule has 144 valence electrons. The molecule has 1 N–H and O–H groups in total. The maximum Gasteiger partial charge on any atom is 0.341 e. The number of rotatable bonds is 4. The van der Waals surface area contributed by atoms with Crippen LogP contribution in [0.1, 0.15) is 36.7 Å². The van der Waals surface area contributed by atoms with Crippen molar-refractivity contribution in [3.63, 3.8) is 0 Å². The fraction of sp³-hybridized carbons (Fsp3) is 0.182. The third-order valence-corrected chi connectivity index (χ3v) is 5.62. The Balaban J connectivity index is 2.06. The Bertz CT molecular complexity index is 1050. The number of hydrogen-bond donors (Lipinski definition) is 1. The largest absolute Gasteiger partial charge is 0.465 e. The molecular formula is C22H20FNO3S. The van der Waals surface area contributed by atoms with E-state index in [0.717, 1.165) is 27.1 Å². The predicted octanol–water partition coefficient (Wildman–Crippen LogP) is 5.52. The summed E-state index contributed by atoms with van der Waals surface area (Å²) in [7, 11) is 1.31. The molecule has 2 aromatic carbocycles. The number of benzene rings is 2. The Morgan fingerprint density at radius 3 is 2.29 bits per heavy atom. The number of halogens is 1. The summed E-state index contributed by atoms with van der Waals surface area (Å²) in [5.74, 6) is -1.36. The number of aryl methyl sites for hydroxylation is 3. The second kappa shape index (κ2) is 7.94. The Morgan fingerprint density at radius 1 is 1.00 bits per heavy atom. The molecule has 1 aromatic heterocycles.